The normalized spacial score (nSPS) is 34.0. The van der Waals surface area contributed by atoms with Crippen LogP contribution in [0.1, 0.15) is 134 Å². The van der Waals surface area contributed by atoms with Crippen LogP contribution >= 0.6 is 0 Å². The maximum absolute atomic E-state index is 13.8. The van der Waals surface area contributed by atoms with Crippen molar-refractivity contribution in [2.45, 2.75) is 105 Å². The lowest BCUT2D eigenvalue weighted by Crippen LogP contribution is -2.51. The first-order valence-corrected chi connectivity index (χ1v) is 18.5. The van der Waals surface area contributed by atoms with E-state index in [1.807, 2.05) is 0 Å². The number of carbonyl (C=O) groups excluding carboxylic acids is 4. The van der Waals surface area contributed by atoms with Gasteiger partial charge in [0.1, 0.15) is 0 Å². The molecular weight excluding hydrogens is 600 g/mol. The third kappa shape index (κ3) is 4.40. The van der Waals surface area contributed by atoms with Crippen LogP contribution in [-0.4, -0.2) is 71.7 Å². The molecule has 4 bridgehead atoms. The highest BCUT2D eigenvalue weighted by Gasteiger charge is 2.60. The standard InChI is InChI=1S/C40H52N4O4/c1-37(2)23-13-15-39(5,21-23)35(37)41-17-7-19-43-31(45)25-9-11-27-30-28(12-10-26(29(25)30)32(43)46)34(48)44(33(27)47)20-8-18-42-36-38(3,4)24-14-16-40(36,6)22-24/h9-12,23-24,35-36,41-42H,7-8,13-22H2,1-6H3/t23-,24-,35-,36-,39-,40+/m1/s1. The molecule has 4 fully saturated rings. The first kappa shape index (κ1) is 32.1. The molecule has 2 heterocycles. The number of imide groups is 2. The van der Waals surface area contributed by atoms with Crippen LogP contribution in [0.4, 0.5) is 0 Å². The molecule has 8 heteroatoms. The highest BCUT2D eigenvalue weighted by molar-refractivity contribution is 6.33. The van der Waals surface area contributed by atoms with E-state index in [9.17, 15) is 19.2 Å². The molecule has 6 atom stereocenters. The summed E-state index contributed by atoms with van der Waals surface area (Å²) in [4.78, 5) is 57.8. The highest BCUT2D eigenvalue weighted by atomic mass is 16.2. The fraction of sp³-hybridized carbons (Fsp3) is 0.650. The van der Waals surface area contributed by atoms with Crippen LogP contribution in [-0.2, 0) is 0 Å². The first-order valence-electron chi connectivity index (χ1n) is 18.5. The lowest BCUT2D eigenvalue weighted by Gasteiger charge is -2.43. The number of amides is 4. The Bertz CT molecular complexity index is 1560. The molecule has 2 aromatic carbocycles. The second kappa shape index (κ2) is 10.7. The Balaban J connectivity index is 0.945. The predicted octanol–water partition coefficient (Wildman–Crippen LogP) is 6.42. The summed E-state index contributed by atoms with van der Waals surface area (Å²) >= 11 is 0. The fourth-order valence-electron chi connectivity index (χ4n) is 12.0. The van der Waals surface area contributed by atoms with Crippen molar-refractivity contribution in [3.8, 4) is 0 Å². The summed E-state index contributed by atoms with van der Waals surface area (Å²) in [6, 6.07) is 7.56. The van der Waals surface area contributed by atoms with Crippen LogP contribution in [0.25, 0.3) is 10.8 Å². The van der Waals surface area contributed by atoms with Gasteiger partial charge in [-0.2, -0.15) is 0 Å². The smallest absolute Gasteiger partial charge is 0.261 e. The summed E-state index contributed by atoms with van der Waals surface area (Å²) in [5.41, 5.74) is 2.66. The predicted molar refractivity (Wildman–Crippen MR) is 186 cm³/mol. The Morgan fingerprint density at radius 3 is 1.21 bits per heavy atom. The van der Waals surface area contributed by atoms with Gasteiger partial charge in [-0.05, 0) is 122 Å². The Hall–Kier alpha value is -3.10. The molecule has 0 spiro atoms. The zero-order valence-corrected chi connectivity index (χ0v) is 29.6. The summed E-state index contributed by atoms with van der Waals surface area (Å²) < 4.78 is 0. The van der Waals surface area contributed by atoms with Crippen molar-refractivity contribution in [3.05, 3.63) is 46.5 Å². The highest BCUT2D eigenvalue weighted by Crippen LogP contribution is 2.63. The minimum Gasteiger partial charge on any atom is -0.313 e. The second-order valence-electron chi connectivity index (χ2n) is 17.9. The van der Waals surface area contributed by atoms with Gasteiger partial charge in [0, 0.05) is 58.2 Å². The number of hydrogen-bond acceptors (Lipinski definition) is 6. The van der Waals surface area contributed by atoms with Gasteiger partial charge >= 0.3 is 0 Å². The van der Waals surface area contributed by atoms with E-state index in [4.69, 9.17) is 0 Å². The van der Waals surface area contributed by atoms with Crippen LogP contribution in [0, 0.1) is 33.5 Å². The van der Waals surface area contributed by atoms with E-state index in [1.165, 1.54) is 48.3 Å². The molecule has 2 aliphatic heterocycles. The van der Waals surface area contributed by atoms with Crippen LogP contribution in [0.15, 0.2) is 24.3 Å². The lowest BCUT2D eigenvalue weighted by molar-refractivity contribution is 0.0583. The molecule has 0 aromatic heterocycles. The van der Waals surface area contributed by atoms with Gasteiger partial charge in [0.2, 0.25) is 0 Å². The Morgan fingerprint density at radius 1 is 0.583 bits per heavy atom. The number of benzene rings is 2. The van der Waals surface area contributed by atoms with E-state index in [-0.39, 0.29) is 34.5 Å². The number of hydrogen-bond donors (Lipinski definition) is 2. The van der Waals surface area contributed by atoms with Gasteiger partial charge in [0.15, 0.2) is 0 Å². The van der Waals surface area contributed by atoms with Gasteiger partial charge in [0.25, 0.3) is 23.6 Å². The van der Waals surface area contributed by atoms with Crippen LogP contribution in [0.3, 0.4) is 0 Å². The van der Waals surface area contributed by atoms with E-state index in [0.29, 0.717) is 81.9 Å². The molecule has 4 saturated carbocycles. The number of carbonyl (C=O) groups is 4. The van der Waals surface area contributed by atoms with Crippen LogP contribution in [0.5, 0.6) is 0 Å². The number of nitrogens with zero attached hydrogens (tertiary/aromatic N) is 2. The summed E-state index contributed by atoms with van der Waals surface area (Å²) in [7, 11) is 0. The molecule has 256 valence electrons. The number of nitrogens with one attached hydrogen (secondary N) is 2. The van der Waals surface area contributed by atoms with Gasteiger partial charge in [-0.3, -0.25) is 29.0 Å². The van der Waals surface area contributed by atoms with Crippen molar-refractivity contribution in [2.24, 2.45) is 33.5 Å². The fourth-order valence-corrected chi connectivity index (χ4v) is 12.0. The Morgan fingerprint density at radius 2 is 0.917 bits per heavy atom. The average molecular weight is 653 g/mol. The number of fused-ring (bicyclic) bond motifs is 4. The zero-order chi connectivity index (χ0) is 34.0. The molecule has 2 N–H and O–H groups in total. The van der Waals surface area contributed by atoms with Crippen molar-refractivity contribution in [1.82, 2.24) is 20.4 Å². The molecule has 4 aliphatic carbocycles. The molecule has 48 heavy (non-hydrogen) atoms. The second-order valence-corrected chi connectivity index (χ2v) is 17.9. The maximum Gasteiger partial charge on any atom is 0.261 e. The largest absolute Gasteiger partial charge is 0.313 e. The Kier molecular flexibility index (Phi) is 7.16. The molecular formula is C40H52N4O4. The molecule has 6 aliphatic rings. The molecule has 0 saturated heterocycles. The van der Waals surface area contributed by atoms with Gasteiger partial charge in [-0.1, -0.05) is 41.5 Å². The van der Waals surface area contributed by atoms with Crippen molar-refractivity contribution >= 4 is 34.4 Å². The summed E-state index contributed by atoms with van der Waals surface area (Å²) in [5, 5.41) is 8.50. The minimum atomic E-state index is -0.353. The van der Waals surface area contributed by atoms with Crippen molar-refractivity contribution in [1.29, 1.82) is 0 Å². The third-order valence-electron chi connectivity index (χ3n) is 14.4. The SMILES string of the molecule is CC1(C)[C@@H]2CC[C@@](C)(C2)[C@@H]1NCCCN1C(=O)c2ccc3c4c(ccc(c24)C1=O)C(=O)N(CCCN[C@@H]1C(C)(C)[C@@H]2CC[C@]1(C)C2)C3=O. The van der Waals surface area contributed by atoms with Crippen LogP contribution < -0.4 is 10.6 Å². The average Bonchev–Trinajstić information content (AvgIpc) is 3.73. The van der Waals surface area contributed by atoms with E-state index in [2.05, 4.69) is 52.2 Å². The summed E-state index contributed by atoms with van der Waals surface area (Å²) in [5.74, 6) is 0.0886. The van der Waals surface area contributed by atoms with Crippen molar-refractivity contribution < 1.29 is 19.2 Å². The van der Waals surface area contributed by atoms with Crippen LogP contribution in [0.2, 0.25) is 0 Å². The molecule has 8 nitrogen and oxygen atoms in total. The lowest BCUT2D eigenvalue weighted by atomic mass is 9.68. The quantitative estimate of drug-likeness (QED) is 0.227. The maximum atomic E-state index is 13.8. The van der Waals surface area contributed by atoms with Crippen molar-refractivity contribution in [2.75, 3.05) is 26.2 Å². The Labute approximate surface area is 284 Å². The van der Waals surface area contributed by atoms with Gasteiger partial charge < -0.3 is 10.6 Å². The molecule has 0 unspecified atom stereocenters. The monoisotopic (exact) mass is 652 g/mol. The minimum absolute atomic E-state index is 0.241. The van der Waals surface area contributed by atoms with Gasteiger partial charge in [0.05, 0.1) is 0 Å². The van der Waals surface area contributed by atoms with E-state index >= 15 is 0 Å². The molecule has 2 aromatic rings. The molecule has 4 amide bonds. The van der Waals surface area contributed by atoms with Gasteiger partial charge in [-0.15, -0.1) is 0 Å². The topological polar surface area (TPSA) is 98.8 Å². The van der Waals surface area contributed by atoms with Gasteiger partial charge in [-0.25, -0.2) is 0 Å². The zero-order valence-electron chi connectivity index (χ0n) is 29.6. The summed E-state index contributed by atoms with van der Waals surface area (Å²) in [6.45, 7) is 16.4. The number of rotatable bonds is 10. The first-order chi connectivity index (χ1) is 22.7. The van der Waals surface area contributed by atoms with Crippen molar-refractivity contribution in [3.63, 3.8) is 0 Å². The summed E-state index contributed by atoms with van der Waals surface area (Å²) in [6.07, 6.45) is 8.98. The van der Waals surface area contributed by atoms with E-state index in [1.54, 1.807) is 24.3 Å². The molecule has 0 radical (unpaired) electrons. The van der Waals surface area contributed by atoms with E-state index < -0.39 is 0 Å². The van der Waals surface area contributed by atoms with E-state index in [0.717, 1.165) is 24.9 Å². The molecule has 8 rings (SSSR count). The third-order valence-corrected chi connectivity index (χ3v) is 14.4.